The molecule has 2 aromatic carbocycles. The van der Waals surface area contributed by atoms with Crippen molar-refractivity contribution in [2.24, 2.45) is 0 Å². The monoisotopic (exact) mass is 301 g/mol. The molecule has 5 heteroatoms. The smallest absolute Gasteiger partial charge is 0.189 e. The van der Waals surface area contributed by atoms with Crippen molar-refractivity contribution in [1.82, 2.24) is 5.43 Å². The predicted molar refractivity (Wildman–Crippen MR) is 91.9 cm³/mol. The summed E-state index contributed by atoms with van der Waals surface area (Å²) < 4.78 is 5.11. The zero-order chi connectivity index (χ0) is 15.2. The molecule has 3 N–H and O–H groups in total. The summed E-state index contributed by atoms with van der Waals surface area (Å²) >= 11 is 5.25. The fraction of sp³-hybridized carbons (Fsp3) is 0.188. The summed E-state index contributed by atoms with van der Waals surface area (Å²) in [6.07, 6.45) is 0. The minimum Gasteiger partial charge on any atom is -0.497 e. The topological polar surface area (TPSA) is 45.3 Å². The molecule has 0 aliphatic carbocycles. The van der Waals surface area contributed by atoms with Gasteiger partial charge in [-0.3, -0.25) is 10.9 Å². The van der Waals surface area contributed by atoms with E-state index in [9.17, 15) is 0 Å². The molecule has 4 nitrogen and oxygen atoms in total. The van der Waals surface area contributed by atoms with Crippen LogP contribution >= 0.6 is 12.2 Å². The van der Waals surface area contributed by atoms with Crippen LogP contribution in [0.25, 0.3) is 0 Å². The van der Waals surface area contributed by atoms with Crippen molar-refractivity contribution in [1.29, 1.82) is 0 Å². The Balaban J connectivity index is 1.89. The fourth-order valence-electron chi connectivity index (χ4n) is 1.91. The van der Waals surface area contributed by atoms with Crippen molar-refractivity contribution >= 4 is 28.7 Å². The van der Waals surface area contributed by atoms with Gasteiger partial charge >= 0.3 is 0 Å². The zero-order valence-corrected chi connectivity index (χ0v) is 13.2. The largest absolute Gasteiger partial charge is 0.497 e. The first-order chi connectivity index (χ1) is 10.1. The predicted octanol–water partition coefficient (Wildman–Crippen LogP) is 3.63. The number of hydrazine groups is 1. The van der Waals surface area contributed by atoms with Crippen LogP contribution in [-0.4, -0.2) is 12.2 Å². The van der Waals surface area contributed by atoms with Gasteiger partial charge in [-0.05, 0) is 62.0 Å². The van der Waals surface area contributed by atoms with Gasteiger partial charge in [-0.1, -0.05) is 17.7 Å². The average molecular weight is 301 g/mol. The second-order valence-corrected chi connectivity index (χ2v) is 5.16. The lowest BCUT2D eigenvalue weighted by molar-refractivity contribution is 0.415. The van der Waals surface area contributed by atoms with Gasteiger partial charge in [0.15, 0.2) is 5.11 Å². The first-order valence-corrected chi connectivity index (χ1v) is 7.03. The highest BCUT2D eigenvalue weighted by molar-refractivity contribution is 7.80. The van der Waals surface area contributed by atoms with Crippen LogP contribution < -0.4 is 20.9 Å². The van der Waals surface area contributed by atoms with Gasteiger partial charge in [0, 0.05) is 5.69 Å². The third-order valence-corrected chi connectivity index (χ3v) is 3.24. The minimum absolute atomic E-state index is 0.500. The lowest BCUT2D eigenvalue weighted by Gasteiger charge is -2.14. The molecule has 0 unspecified atom stereocenters. The highest BCUT2D eigenvalue weighted by Crippen LogP contribution is 2.16. The Morgan fingerprint density at radius 2 is 1.76 bits per heavy atom. The number of hydrogen-bond acceptors (Lipinski definition) is 3. The quantitative estimate of drug-likeness (QED) is 0.594. The third kappa shape index (κ3) is 4.36. The van der Waals surface area contributed by atoms with Crippen molar-refractivity contribution < 1.29 is 4.74 Å². The molecule has 0 saturated carbocycles. The first-order valence-electron chi connectivity index (χ1n) is 6.63. The average Bonchev–Trinajstić information content (AvgIpc) is 2.47. The van der Waals surface area contributed by atoms with Crippen LogP contribution in [0, 0.1) is 13.8 Å². The fourth-order valence-corrected chi connectivity index (χ4v) is 2.08. The summed E-state index contributed by atoms with van der Waals surface area (Å²) in [5.41, 5.74) is 10.4. The highest BCUT2D eigenvalue weighted by Gasteiger charge is 2.00. The Morgan fingerprint density at radius 3 is 2.38 bits per heavy atom. The minimum atomic E-state index is 0.500. The standard InChI is InChI=1S/C16H19N3OS/c1-11-4-9-15(12(2)10-11)18-19-16(21)17-13-5-7-14(20-3)8-6-13/h4-10,18H,1-3H3,(H2,17,19,21). The van der Waals surface area contributed by atoms with Crippen LogP contribution in [-0.2, 0) is 0 Å². The molecule has 0 heterocycles. The van der Waals surface area contributed by atoms with E-state index in [2.05, 4.69) is 42.1 Å². The number of hydrogen-bond donors (Lipinski definition) is 3. The van der Waals surface area contributed by atoms with Gasteiger partial charge < -0.3 is 10.1 Å². The number of rotatable bonds is 4. The van der Waals surface area contributed by atoms with Crippen LogP contribution in [0.5, 0.6) is 5.75 Å². The highest BCUT2D eigenvalue weighted by atomic mass is 32.1. The van der Waals surface area contributed by atoms with E-state index in [0.29, 0.717) is 5.11 Å². The second-order valence-electron chi connectivity index (χ2n) is 4.75. The molecule has 0 aromatic heterocycles. The van der Waals surface area contributed by atoms with E-state index in [0.717, 1.165) is 22.7 Å². The van der Waals surface area contributed by atoms with E-state index < -0.39 is 0 Å². The lowest BCUT2D eigenvalue weighted by Crippen LogP contribution is -2.33. The normalized spacial score (nSPS) is 9.86. The van der Waals surface area contributed by atoms with Crippen LogP contribution in [0.1, 0.15) is 11.1 Å². The van der Waals surface area contributed by atoms with Crippen molar-refractivity contribution in [2.75, 3.05) is 17.9 Å². The lowest BCUT2D eigenvalue weighted by atomic mass is 10.1. The second kappa shape index (κ2) is 6.95. The summed E-state index contributed by atoms with van der Waals surface area (Å²) in [4.78, 5) is 0. The summed E-state index contributed by atoms with van der Waals surface area (Å²) in [6, 6.07) is 13.8. The molecule has 0 aliphatic heterocycles. The van der Waals surface area contributed by atoms with E-state index in [1.165, 1.54) is 5.56 Å². The van der Waals surface area contributed by atoms with E-state index in [1.54, 1.807) is 7.11 Å². The van der Waals surface area contributed by atoms with Gasteiger partial charge in [0.1, 0.15) is 5.75 Å². The Hall–Kier alpha value is -2.27. The maximum absolute atomic E-state index is 5.25. The maximum atomic E-state index is 5.25. The molecule has 21 heavy (non-hydrogen) atoms. The number of aryl methyl sites for hydroxylation is 2. The van der Waals surface area contributed by atoms with Crippen molar-refractivity contribution in [3.63, 3.8) is 0 Å². The number of thiocarbonyl (C=S) groups is 1. The molecule has 0 fully saturated rings. The summed E-state index contributed by atoms with van der Waals surface area (Å²) in [6.45, 7) is 4.12. The van der Waals surface area contributed by atoms with Gasteiger partial charge in [0.2, 0.25) is 0 Å². The summed E-state index contributed by atoms with van der Waals surface area (Å²) in [5, 5.41) is 3.60. The van der Waals surface area contributed by atoms with Gasteiger partial charge in [0.05, 0.1) is 12.8 Å². The van der Waals surface area contributed by atoms with Gasteiger partial charge in [-0.2, -0.15) is 0 Å². The Kier molecular flexibility index (Phi) is 5.00. The SMILES string of the molecule is COc1ccc(NC(=S)NNc2ccc(C)cc2C)cc1. The molecular weight excluding hydrogens is 282 g/mol. The number of nitrogens with one attached hydrogen (secondary N) is 3. The zero-order valence-electron chi connectivity index (χ0n) is 12.4. The van der Waals surface area contributed by atoms with Crippen LogP contribution in [0.3, 0.4) is 0 Å². The van der Waals surface area contributed by atoms with Gasteiger partial charge in [-0.15, -0.1) is 0 Å². The van der Waals surface area contributed by atoms with Crippen LogP contribution in [0.15, 0.2) is 42.5 Å². The van der Waals surface area contributed by atoms with Crippen LogP contribution in [0.4, 0.5) is 11.4 Å². The molecule has 0 saturated heterocycles. The molecule has 0 aliphatic rings. The number of anilines is 2. The van der Waals surface area contributed by atoms with Crippen molar-refractivity contribution in [2.45, 2.75) is 13.8 Å². The molecule has 0 atom stereocenters. The van der Waals surface area contributed by atoms with Gasteiger partial charge in [0.25, 0.3) is 0 Å². The van der Waals surface area contributed by atoms with E-state index in [-0.39, 0.29) is 0 Å². The van der Waals surface area contributed by atoms with E-state index in [1.807, 2.05) is 30.3 Å². The molecular formula is C16H19N3OS. The van der Waals surface area contributed by atoms with Crippen molar-refractivity contribution in [3.05, 3.63) is 53.6 Å². The third-order valence-electron chi connectivity index (χ3n) is 3.04. The van der Waals surface area contributed by atoms with Gasteiger partial charge in [-0.25, -0.2) is 0 Å². The molecule has 2 aromatic rings. The van der Waals surface area contributed by atoms with Crippen LogP contribution in [0.2, 0.25) is 0 Å². The summed E-state index contributed by atoms with van der Waals surface area (Å²) in [5.74, 6) is 0.813. The summed E-state index contributed by atoms with van der Waals surface area (Å²) in [7, 11) is 1.64. The van der Waals surface area contributed by atoms with Crippen molar-refractivity contribution in [3.8, 4) is 5.75 Å². The Labute approximate surface area is 130 Å². The molecule has 2 rings (SSSR count). The Morgan fingerprint density at radius 1 is 1.05 bits per heavy atom. The van der Waals surface area contributed by atoms with E-state index >= 15 is 0 Å². The molecule has 0 bridgehead atoms. The number of benzene rings is 2. The molecule has 0 radical (unpaired) electrons. The number of methoxy groups -OCH3 is 1. The van der Waals surface area contributed by atoms with E-state index in [4.69, 9.17) is 17.0 Å². The molecule has 0 spiro atoms. The maximum Gasteiger partial charge on any atom is 0.189 e. The molecule has 110 valence electrons. The first kappa shape index (κ1) is 15.1. The Bertz CT molecular complexity index is 626. The molecule has 0 amide bonds. The number of ether oxygens (including phenoxy) is 1.